The average molecular weight is 302 g/mol. The Bertz CT molecular complexity index is 617. The van der Waals surface area contributed by atoms with Gasteiger partial charge in [0.05, 0.1) is 6.61 Å². The molecule has 116 valence electrons. The topological polar surface area (TPSA) is 54.0 Å². The standard InChI is InChI=1S/C17H18O5/c1-19-9-12-6-7-15-13(8-12)4-2-3-5-16(15)20-10-14-11-21-17(18)22-14/h2-3,5-8,14H,4,9-11H2,1H3. The van der Waals surface area contributed by atoms with E-state index in [1.54, 1.807) is 7.11 Å². The molecule has 0 aromatic heterocycles. The van der Waals surface area contributed by atoms with Crippen LogP contribution in [-0.2, 0) is 32.0 Å². The van der Waals surface area contributed by atoms with Gasteiger partial charge in [0.1, 0.15) is 19.0 Å². The second kappa shape index (κ2) is 6.66. The maximum absolute atomic E-state index is 10.9. The molecule has 0 amide bonds. The summed E-state index contributed by atoms with van der Waals surface area (Å²) in [6.07, 6.45) is 5.86. The molecular weight excluding hydrogens is 284 g/mol. The zero-order chi connectivity index (χ0) is 15.4. The van der Waals surface area contributed by atoms with Gasteiger partial charge >= 0.3 is 6.16 Å². The third-order valence-corrected chi connectivity index (χ3v) is 3.54. The Balaban J connectivity index is 1.73. The van der Waals surface area contributed by atoms with E-state index < -0.39 is 6.16 Å². The molecule has 5 heteroatoms. The summed E-state index contributed by atoms with van der Waals surface area (Å²) in [6, 6.07) is 6.20. The smallest absolute Gasteiger partial charge is 0.489 e. The summed E-state index contributed by atoms with van der Waals surface area (Å²) < 4.78 is 20.7. The Labute approximate surface area is 129 Å². The number of fused-ring (bicyclic) bond motifs is 1. The Morgan fingerprint density at radius 1 is 1.36 bits per heavy atom. The fraction of sp³-hybridized carbons (Fsp3) is 0.353. The fourth-order valence-electron chi connectivity index (χ4n) is 2.51. The number of hydrogen-bond donors (Lipinski definition) is 0. The van der Waals surface area contributed by atoms with Crippen molar-refractivity contribution < 1.29 is 23.7 Å². The molecule has 0 bridgehead atoms. The van der Waals surface area contributed by atoms with Crippen LogP contribution in [0.2, 0.25) is 0 Å². The maximum Gasteiger partial charge on any atom is 0.508 e. The minimum atomic E-state index is -0.632. The number of hydrogen-bond acceptors (Lipinski definition) is 5. The van der Waals surface area contributed by atoms with Crippen molar-refractivity contribution in [2.24, 2.45) is 0 Å². The molecule has 1 aliphatic carbocycles. The van der Waals surface area contributed by atoms with Gasteiger partial charge < -0.3 is 18.9 Å². The van der Waals surface area contributed by atoms with E-state index in [0.29, 0.717) is 6.61 Å². The quantitative estimate of drug-likeness (QED) is 0.783. The van der Waals surface area contributed by atoms with Gasteiger partial charge in [0, 0.05) is 12.7 Å². The minimum Gasteiger partial charge on any atom is -0.489 e. The van der Waals surface area contributed by atoms with Gasteiger partial charge in [0.15, 0.2) is 6.10 Å². The first kappa shape index (κ1) is 14.7. The van der Waals surface area contributed by atoms with Crippen molar-refractivity contribution in [3.63, 3.8) is 0 Å². The zero-order valence-corrected chi connectivity index (χ0v) is 12.4. The number of allylic oxidation sites excluding steroid dienone is 3. The van der Waals surface area contributed by atoms with Crippen molar-refractivity contribution in [1.82, 2.24) is 0 Å². The molecule has 3 rings (SSSR count). The Kier molecular flexibility index (Phi) is 4.44. The summed E-state index contributed by atoms with van der Waals surface area (Å²) in [5, 5.41) is 0. The van der Waals surface area contributed by atoms with Gasteiger partial charge in [-0.25, -0.2) is 4.79 Å². The van der Waals surface area contributed by atoms with Crippen LogP contribution < -0.4 is 0 Å². The summed E-state index contributed by atoms with van der Waals surface area (Å²) in [5.74, 6) is 0.774. The van der Waals surface area contributed by atoms with Gasteiger partial charge in [0.2, 0.25) is 0 Å². The molecule has 1 heterocycles. The molecular formula is C17H18O5. The summed E-state index contributed by atoms with van der Waals surface area (Å²) >= 11 is 0. The van der Waals surface area contributed by atoms with Gasteiger partial charge in [-0.15, -0.1) is 0 Å². The first-order chi connectivity index (χ1) is 10.8. The van der Waals surface area contributed by atoms with Crippen molar-refractivity contribution in [2.75, 3.05) is 20.3 Å². The predicted molar refractivity (Wildman–Crippen MR) is 80.1 cm³/mol. The highest BCUT2D eigenvalue weighted by atomic mass is 16.8. The lowest BCUT2D eigenvalue weighted by Gasteiger charge is -2.15. The summed E-state index contributed by atoms with van der Waals surface area (Å²) in [6.45, 7) is 1.11. The van der Waals surface area contributed by atoms with E-state index in [1.807, 2.05) is 24.3 Å². The molecule has 1 atom stereocenters. The fourth-order valence-corrected chi connectivity index (χ4v) is 2.51. The van der Waals surface area contributed by atoms with Gasteiger partial charge in [-0.2, -0.15) is 0 Å². The van der Waals surface area contributed by atoms with Gasteiger partial charge in [-0.05, 0) is 23.6 Å². The molecule has 0 saturated carbocycles. The normalized spacial score (nSPS) is 19.8. The SMILES string of the molecule is COCc1ccc2c(c1)CC=CC=C2OCC1COC(=O)O1. The number of benzene rings is 1. The zero-order valence-electron chi connectivity index (χ0n) is 12.4. The van der Waals surface area contributed by atoms with E-state index in [-0.39, 0.29) is 19.3 Å². The molecule has 22 heavy (non-hydrogen) atoms. The highest BCUT2D eigenvalue weighted by molar-refractivity contribution is 5.66. The molecule has 2 aliphatic rings. The molecule has 1 saturated heterocycles. The van der Waals surface area contributed by atoms with E-state index in [4.69, 9.17) is 18.9 Å². The summed E-state index contributed by atoms with van der Waals surface area (Å²) in [4.78, 5) is 10.9. The number of rotatable bonds is 5. The van der Waals surface area contributed by atoms with Crippen LogP contribution in [0, 0.1) is 0 Å². The summed E-state index contributed by atoms with van der Waals surface area (Å²) in [5.41, 5.74) is 3.37. The maximum atomic E-state index is 10.9. The van der Waals surface area contributed by atoms with Crippen LogP contribution in [0.25, 0.3) is 5.76 Å². The molecule has 1 unspecified atom stereocenters. The summed E-state index contributed by atoms with van der Waals surface area (Å²) in [7, 11) is 1.69. The third kappa shape index (κ3) is 3.31. The lowest BCUT2D eigenvalue weighted by Crippen LogP contribution is -2.17. The highest BCUT2D eigenvalue weighted by Gasteiger charge is 2.26. The van der Waals surface area contributed by atoms with Crippen LogP contribution in [-0.4, -0.2) is 32.6 Å². The largest absolute Gasteiger partial charge is 0.508 e. The van der Waals surface area contributed by atoms with Crippen LogP contribution in [0.15, 0.2) is 36.4 Å². The Morgan fingerprint density at radius 3 is 3.05 bits per heavy atom. The number of carbonyl (C=O) groups excluding carboxylic acids is 1. The molecule has 1 fully saturated rings. The predicted octanol–water partition coefficient (Wildman–Crippen LogP) is 2.84. The number of methoxy groups -OCH3 is 1. The van der Waals surface area contributed by atoms with Crippen LogP contribution in [0.3, 0.4) is 0 Å². The van der Waals surface area contributed by atoms with Gasteiger partial charge in [-0.1, -0.05) is 30.4 Å². The molecule has 1 aliphatic heterocycles. The number of carbonyl (C=O) groups is 1. The van der Waals surface area contributed by atoms with Crippen molar-refractivity contribution in [1.29, 1.82) is 0 Å². The first-order valence-corrected chi connectivity index (χ1v) is 7.20. The van der Waals surface area contributed by atoms with E-state index in [0.717, 1.165) is 23.3 Å². The highest BCUT2D eigenvalue weighted by Crippen LogP contribution is 2.26. The third-order valence-electron chi connectivity index (χ3n) is 3.54. The van der Waals surface area contributed by atoms with Crippen LogP contribution in [0.1, 0.15) is 16.7 Å². The second-order valence-electron chi connectivity index (χ2n) is 5.20. The van der Waals surface area contributed by atoms with Crippen LogP contribution in [0.4, 0.5) is 4.79 Å². The van der Waals surface area contributed by atoms with E-state index in [1.165, 1.54) is 5.56 Å². The monoisotopic (exact) mass is 302 g/mol. The number of ether oxygens (including phenoxy) is 4. The molecule has 1 aromatic rings. The lowest BCUT2D eigenvalue weighted by atomic mass is 10.0. The van der Waals surface area contributed by atoms with Crippen molar-refractivity contribution in [3.8, 4) is 0 Å². The van der Waals surface area contributed by atoms with Crippen molar-refractivity contribution in [2.45, 2.75) is 19.1 Å². The molecule has 0 N–H and O–H groups in total. The minimum absolute atomic E-state index is 0.238. The van der Waals surface area contributed by atoms with Crippen LogP contribution >= 0.6 is 0 Å². The first-order valence-electron chi connectivity index (χ1n) is 7.20. The van der Waals surface area contributed by atoms with E-state index in [9.17, 15) is 4.79 Å². The Morgan fingerprint density at radius 2 is 2.27 bits per heavy atom. The van der Waals surface area contributed by atoms with E-state index in [2.05, 4.69) is 12.1 Å². The molecule has 0 spiro atoms. The van der Waals surface area contributed by atoms with Gasteiger partial charge in [-0.3, -0.25) is 0 Å². The Hall–Kier alpha value is -2.27. The molecule has 0 radical (unpaired) electrons. The number of cyclic esters (lactones) is 2. The van der Waals surface area contributed by atoms with Crippen molar-refractivity contribution >= 4 is 11.9 Å². The van der Waals surface area contributed by atoms with E-state index >= 15 is 0 Å². The van der Waals surface area contributed by atoms with Crippen molar-refractivity contribution in [3.05, 3.63) is 53.1 Å². The average Bonchev–Trinajstić information content (AvgIpc) is 2.82. The molecule has 1 aromatic carbocycles. The second-order valence-corrected chi connectivity index (χ2v) is 5.20. The van der Waals surface area contributed by atoms with Crippen LogP contribution in [0.5, 0.6) is 0 Å². The molecule has 5 nitrogen and oxygen atoms in total. The lowest BCUT2D eigenvalue weighted by molar-refractivity contribution is 0.0910. The van der Waals surface area contributed by atoms with Gasteiger partial charge in [0.25, 0.3) is 0 Å².